The largest absolute Gasteiger partial charge is 0.377 e. The fourth-order valence-electron chi connectivity index (χ4n) is 3.84. The lowest BCUT2D eigenvalue weighted by Crippen LogP contribution is -2.49. The maximum absolute atomic E-state index is 5.69. The standard InChI is InChI=1S/C25H45N5O.HI/c1-6-26-25(28-24-13-16-30(17-14-24)18-19-31-21(2)3)27-15-12-22(4)29(5)20-23-10-8-7-9-11-23;/h7-11,21-22,24H,6,12-20H2,1-5H3,(H2,26,27,28);1H. The minimum atomic E-state index is 0. The van der Waals surface area contributed by atoms with Crippen molar-refractivity contribution in [2.24, 2.45) is 4.99 Å². The van der Waals surface area contributed by atoms with E-state index in [1.807, 2.05) is 0 Å². The minimum absolute atomic E-state index is 0. The number of hydrogen-bond donors (Lipinski definition) is 2. The number of likely N-dealkylation sites (tertiary alicyclic amines) is 1. The second kappa shape index (κ2) is 16.7. The first-order chi connectivity index (χ1) is 15.0. The Morgan fingerprint density at radius 1 is 1.19 bits per heavy atom. The lowest BCUT2D eigenvalue weighted by molar-refractivity contribution is 0.0532. The van der Waals surface area contributed by atoms with Gasteiger partial charge < -0.3 is 20.3 Å². The van der Waals surface area contributed by atoms with Crippen molar-refractivity contribution < 1.29 is 4.74 Å². The quantitative estimate of drug-likeness (QED) is 0.231. The summed E-state index contributed by atoms with van der Waals surface area (Å²) >= 11 is 0. The number of rotatable bonds is 12. The maximum atomic E-state index is 5.69. The molecule has 2 rings (SSSR count). The van der Waals surface area contributed by atoms with Crippen LogP contribution >= 0.6 is 24.0 Å². The van der Waals surface area contributed by atoms with E-state index in [1.165, 1.54) is 5.56 Å². The molecule has 2 N–H and O–H groups in total. The average Bonchev–Trinajstić information content (AvgIpc) is 2.75. The van der Waals surface area contributed by atoms with Crippen molar-refractivity contribution in [3.8, 4) is 0 Å². The summed E-state index contributed by atoms with van der Waals surface area (Å²) in [6.07, 6.45) is 3.68. The molecule has 1 aliphatic heterocycles. The zero-order valence-electron chi connectivity index (χ0n) is 20.8. The van der Waals surface area contributed by atoms with Crippen molar-refractivity contribution in [2.75, 3.05) is 46.4 Å². The molecular formula is C25H46IN5O. The van der Waals surface area contributed by atoms with Crippen LogP contribution in [-0.4, -0.2) is 80.3 Å². The SMILES string of the molecule is CCNC(=NCCC(C)N(C)Cc1ccccc1)NC1CCN(CCOC(C)C)CC1.I. The van der Waals surface area contributed by atoms with E-state index in [-0.39, 0.29) is 24.0 Å². The smallest absolute Gasteiger partial charge is 0.191 e. The third-order valence-corrected chi connectivity index (χ3v) is 5.98. The topological polar surface area (TPSA) is 52.1 Å². The lowest BCUT2D eigenvalue weighted by atomic mass is 10.1. The molecule has 6 nitrogen and oxygen atoms in total. The van der Waals surface area contributed by atoms with Crippen LogP contribution in [0, 0.1) is 0 Å². The van der Waals surface area contributed by atoms with Crippen LogP contribution in [0.25, 0.3) is 0 Å². The summed E-state index contributed by atoms with van der Waals surface area (Å²) in [5.41, 5.74) is 1.36. The van der Waals surface area contributed by atoms with E-state index in [0.29, 0.717) is 18.2 Å². The van der Waals surface area contributed by atoms with Gasteiger partial charge in [-0.15, -0.1) is 24.0 Å². The molecule has 0 spiro atoms. The van der Waals surface area contributed by atoms with Crippen LogP contribution in [0.4, 0.5) is 0 Å². The van der Waals surface area contributed by atoms with E-state index in [0.717, 1.165) is 71.1 Å². The van der Waals surface area contributed by atoms with Crippen molar-refractivity contribution in [3.05, 3.63) is 35.9 Å². The second-order valence-electron chi connectivity index (χ2n) is 8.98. The second-order valence-corrected chi connectivity index (χ2v) is 8.98. The van der Waals surface area contributed by atoms with Crippen LogP contribution < -0.4 is 10.6 Å². The van der Waals surface area contributed by atoms with E-state index in [2.05, 4.69) is 85.5 Å². The van der Waals surface area contributed by atoms with Gasteiger partial charge in [-0.1, -0.05) is 30.3 Å². The number of guanidine groups is 1. The number of nitrogens with one attached hydrogen (secondary N) is 2. The summed E-state index contributed by atoms with van der Waals surface area (Å²) in [6, 6.07) is 11.7. The number of nitrogens with zero attached hydrogens (tertiary/aromatic N) is 3. The fraction of sp³-hybridized carbons (Fsp3) is 0.720. The first-order valence-electron chi connectivity index (χ1n) is 12.1. The molecule has 0 saturated carbocycles. The highest BCUT2D eigenvalue weighted by Gasteiger charge is 2.20. The van der Waals surface area contributed by atoms with E-state index in [9.17, 15) is 0 Å². The van der Waals surface area contributed by atoms with Gasteiger partial charge in [-0.25, -0.2) is 0 Å². The molecule has 1 atom stereocenters. The first-order valence-corrected chi connectivity index (χ1v) is 12.1. The molecule has 32 heavy (non-hydrogen) atoms. The number of ether oxygens (including phenoxy) is 1. The van der Waals surface area contributed by atoms with Gasteiger partial charge in [0.05, 0.1) is 12.7 Å². The van der Waals surface area contributed by atoms with Gasteiger partial charge in [-0.05, 0) is 59.6 Å². The molecule has 1 saturated heterocycles. The molecule has 1 aliphatic rings. The highest BCUT2D eigenvalue weighted by molar-refractivity contribution is 14.0. The monoisotopic (exact) mass is 559 g/mol. The Morgan fingerprint density at radius 3 is 2.50 bits per heavy atom. The predicted octanol–water partition coefficient (Wildman–Crippen LogP) is 3.96. The predicted molar refractivity (Wildman–Crippen MR) is 147 cm³/mol. The Kier molecular flexibility index (Phi) is 15.2. The molecule has 0 aromatic heterocycles. The van der Waals surface area contributed by atoms with E-state index in [1.54, 1.807) is 0 Å². The lowest BCUT2D eigenvalue weighted by Gasteiger charge is -2.33. The first kappa shape index (κ1) is 29.1. The van der Waals surface area contributed by atoms with Crippen molar-refractivity contribution in [1.29, 1.82) is 0 Å². The van der Waals surface area contributed by atoms with Gasteiger partial charge in [0.2, 0.25) is 0 Å². The molecule has 0 amide bonds. The van der Waals surface area contributed by atoms with Gasteiger partial charge in [-0.3, -0.25) is 9.89 Å². The average molecular weight is 560 g/mol. The normalized spacial score (nSPS) is 16.8. The van der Waals surface area contributed by atoms with Crippen LogP contribution in [0.15, 0.2) is 35.3 Å². The van der Waals surface area contributed by atoms with Crippen LogP contribution in [0.2, 0.25) is 0 Å². The van der Waals surface area contributed by atoms with E-state index < -0.39 is 0 Å². The van der Waals surface area contributed by atoms with Crippen molar-refractivity contribution in [2.45, 2.75) is 71.7 Å². The number of hydrogen-bond acceptors (Lipinski definition) is 4. The third-order valence-electron chi connectivity index (χ3n) is 5.98. The Labute approximate surface area is 213 Å². The number of benzene rings is 1. The molecule has 1 heterocycles. The van der Waals surface area contributed by atoms with Gasteiger partial charge in [0.25, 0.3) is 0 Å². The van der Waals surface area contributed by atoms with E-state index >= 15 is 0 Å². The Hall–Kier alpha value is -0.900. The summed E-state index contributed by atoms with van der Waals surface area (Å²) in [7, 11) is 2.20. The molecule has 1 unspecified atom stereocenters. The maximum Gasteiger partial charge on any atom is 0.191 e. The number of aliphatic imine (C=N–C) groups is 1. The summed E-state index contributed by atoms with van der Waals surface area (Å²) in [5.74, 6) is 0.960. The molecule has 0 radical (unpaired) electrons. The molecule has 0 bridgehead atoms. The van der Waals surface area contributed by atoms with Crippen LogP contribution in [0.5, 0.6) is 0 Å². The summed E-state index contributed by atoms with van der Waals surface area (Å²) < 4.78 is 5.69. The molecule has 7 heteroatoms. The third kappa shape index (κ3) is 11.8. The summed E-state index contributed by atoms with van der Waals surface area (Å²) in [5, 5.41) is 7.08. The number of piperidine rings is 1. The molecule has 184 valence electrons. The van der Waals surface area contributed by atoms with Crippen molar-refractivity contribution in [1.82, 2.24) is 20.4 Å². The van der Waals surface area contributed by atoms with Gasteiger partial charge in [0.15, 0.2) is 5.96 Å². The molecular weight excluding hydrogens is 513 g/mol. The van der Waals surface area contributed by atoms with Gasteiger partial charge in [-0.2, -0.15) is 0 Å². The van der Waals surface area contributed by atoms with Crippen LogP contribution in [0.1, 0.15) is 52.5 Å². The zero-order chi connectivity index (χ0) is 22.5. The van der Waals surface area contributed by atoms with Gasteiger partial charge in [0.1, 0.15) is 0 Å². The number of halogens is 1. The minimum Gasteiger partial charge on any atom is -0.377 e. The Bertz CT molecular complexity index is 620. The molecule has 0 aliphatic carbocycles. The molecule has 1 fully saturated rings. The van der Waals surface area contributed by atoms with Crippen LogP contribution in [0.3, 0.4) is 0 Å². The summed E-state index contributed by atoms with van der Waals surface area (Å²) in [4.78, 5) is 9.77. The van der Waals surface area contributed by atoms with Crippen molar-refractivity contribution >= 4 is 29.9 Å². The van der Waals surface area contributed by atoms with Gasteiger partial charge in [0, 0.05) is 51.4 Å². The zero-order valence-corrected chi connectivity index (χ0v) is 23.2. The van der Waals surface area contributed by atoms with E-state index in [4.69, 9.17) is 9.73 Å². The van der Waals surface area contributed by atoms with Crippen molar-refractivity contribution in [3.63, 3.8) is 0 Å². The Balaban J connectivity index is 0.00000512. The Morgan fingerprint density at radius 2 is 1.88 bits per heavy atom. The highest BCUT2D eigenvalue weighted by Crippen LogP contribution is 2.11. The molecule has 1 aromatic rings. The van der Waals surface area contributed by atoms with Crippen LogP contribution in [-0.2, 0) is 11.3 Å². The fourth-order valence-corrected chi connectivity index (χ4v) is 3.84. The molecule has 1 aromatic carbocycles. The highest BCUT2D eigenvalue weighted by atomic mass is 127. The summed E-state index contributed by atoms with van der Waals surface area (Å²) in [6.45, 7) is 15.4. The van der Waals surface area contributed by atoms with Gasteiger partial charge >= 0.3 is 0 Å².